The lowest BCUT2D eigenvalue weighted by Crippen LogP contribution is -2.40. The smallest absolute Gasteiger partial charge is 0.243 e. The van der Waals surface area contributed by atoms with Gasteiger partial charge in [0.05, 0.1) is 32.3 Å². The molecule has 2 aromatic rings. The van der Waals surface area contributed by atoms with Crippen molar-refractivity contribution in [3.05, 3.63) is 53.6 Å². The van der Waals surface area contributed by atoms with Crippen molar-refractivity contribution in [1.82, 2.24) is 9.62 Å². The molecule has 1 fully saturated rings. The zero-order chi connectivity index (χ0) is 23.8. The first-order valence-corrected chi connectivity index (χ1v) is 12.0. The minimum atomic E-state index is -3.55. The number of amides is 1. The summed E-state index contributed by atoms with van der Waals surface area (Å²) in [5.41, 5.74) is 1.20. The Morgan fingerprint density at radius 3 is 2.27 bits per heavy atom. The second-order valence-electron chi connectivity index (χ2n) is 7.43. The second kappa shape index (κ2) is 11.3. The van der Waals surface area contributed by atoms with E-state index in [4.69, 9.17) is 14.2 Å². The van der Waals surface area contributed by atoms with Gasteiger partial charge >= 0.3 is 0 Å². The van der Waals surface area contributed by atoms with Gasteiger partial charge in [0.1, 0.15) is 0 Å². The molecule has 1 aliphatic rings. The number of morpholine rings is 1. The van der Waals surface area contributed by atoms with Crippen molar-refractivity contribution in [1.29, 1.82) is 0 Å². The van der Waals surface area contributed by atoms with Gasteiger partial charge in [-0.3, -0.25) is 9.59 Å². The van der Waals surface area contributed by atoms with E-state index < -0.39 is 10.0 Å². The largest absolute Gasteiger partial charge is 0.493 e. The predicted octanol–water partition coefficient (Wildman–Crippen LogP) is 2.00. The highest BCUT2D eigenvalue weighted by Gasteiger charge is 2.26. The summed E-state index contributed by atoms with van der Waals surface area (Å²) < 4.78 is 42.3. The fourth-order valence-electron chi connectivity index (χ4n) is 3.39. The zero-order valence-corrected chi connectivity index (χ0v) is 19.5. The van der Waals surface area contributed by atoms with Crippen molar-refractivity contribution in [3.8, 4) is 11.5 Å². The van der Waals surface area contributed by atoms with Gasteiger partial charge in [-0.15, -0.1) is 0 Å². The molecule has 0 unspecified atom stereocenters. The van der Waals surface area contributed by atoms with Crippen molar-refractivity contribution in [3.63, 3.8) is 0 Å². The molecule has 1 aliphatic heterocycles. The molecule has 0 aliphatic carbocycles. The van der Waals surface area contributed by atoms with Crippen LogP contribution < -0.4 is 14.8 Å². The molecule has 0 atom stereocenters. The summed E-state index contributed by atoms with van der Waals surface area (Å²) in [7, 11) is -0.548. The molecule has 3 rings (SSSR count). The fraction of sp³-hybridized carbons (Fsp3) is 0.391. The maximum absolute atomic E-state index is 12.7. The number of hydrogen-bond donors (Lipinski definition) is 1. The first kappa shape index (κ1) is 24.7. The van der Waals surface area contributed by atoms with Gasteiger partial charge in [-0.25, -0.2) is 8.42 Å². The van der Waals surface area contributed by atoms with Crippen LogP contribution in [-0.4, -0.2) is 64.9 Å². The number of sulfonamides is 1. The van der Waals surface area contributed by atoms with E-state index in [1.54, 1.807) is 30.3 Å². The fourth-order valence-corrected chi connectivity index (χ4v) is 4.79. The average molecular weight is 477 g/mol. The Bertz CT molecular complexity index is 1080. The third-order valence-corrected chi connectivity index (χ3v) is 7.22. The summed E-state index contributed by atoms with van der Waals surface area (Å²) in [5.74, 6) is 0.528. The number of nitrogens with one attached hydrogen (secondary N) is 1. The van der Waals surface area contributed by atoms with E-state index in [9.17, 15) is 18.0 Å². The van der Waals surface area contributed by atoms with E-state index in [2.05, 4.69) is 5.32 Å². The monoisotopic (exact) mass is 476 g/mol. The quantitative estimate of drug-likeness (QED) is 0.522. The Morgan fingerprint density at radius 1 is 0.970 bits per heavy atom. The molecule has 1 saturated heterocycles. The van der Waals surface area contributed by atoms with Crippen LogP contribution in [0.5, 0.6) is 11.5 Å². The molecule has 33 heavy (non-hydrogen) atoms. The molecule has 0 aromatic heterocycles. The normalized spacial score (nSPS) is 14.5. The van der Waals surface area contributed by atoms with Gasteiger partial charge in [0, 0.05) is 38.0 Å². The van der Waals surface area contributed by atoms with Gasteiger partial charge < -0.3 is 19.5 Å². The number of benzene rings is 2. The highest BCUT2D eigenvalue weighted by atomic mass is 32.2. The number of nitrogens with zero attached hydrogens (tertiary/aromatic N) is 1. The van der Waals surface area contributed by atoms with Crippen LogP contribution in [0.2, 0.25) is 0 Å². The highest BCUT2D eigenvalue weighted by Crippen LogP contribution is 2.28. The van der Waals surface area contributed by atoms with E-state index in [1.165, 1.54) is 30.7 Å². The number of rotatable bonds is 10. The number of ether oxygens (including phenoxy) is 3. The van der Waals surface area contributed by atoms with Crippen LogP contribution >= 0.6 is 0 Å². The number of methoxy groups -OCH3 is 2. The zero-order valence-electron chi connectivity index (χ0n) is 18.7. The Labute approximate surface area is 193 Å². The number of Topliss-reactive ketones (excluding diaryl/α,β-unsaturated/α-hetero) is 1. The summed E-state index contributed by atoms with van der Waals surface area (Å²) in [6.45, 7) is 1.68. The summed E-state index contributed by atoms with van der Waals surface area (Å²) in [5, 5.41) is 2.76. The lowest BCUT2D eigenvalue weighted by atomic mass is 10.1. The maximum atomic E-state index is 12.7. The molecule has 178 valence electrons. The molecular weight excluding hydrogens is 448 g/mol. The summed E-state index contributed by atoms with van der Waals surface area (Å²) in [6.07, 6.45) is 0.0920. The lowest BCUT2D eigenvalue weighted by Gasteiger charge is -2.26. The summed E-state index contributed by atoms with van der Waals surface area (Å²) in [4.78, 5) is 24.8. The Morgan fingerprint density at radius 2 is 1.64 bits per heavy atom. The third-order valence-electron chi connectivity index (χ3n) is 5.31. The molecule has 0 bridgehead atoms. The molecule has 1 N–H and O–H groups in total. The molecule has 2 aromatic carbocycles. The van der Waals surface area contributed by atoms with Crippen LogP contribution in [0.1, 0.15) is 28.8 Å². The van der Waals surface area contributed by atoms with E-state index in [-0.39, 0.29) is 36.0 Å². The topological polar surface area (TPSA) is 111 Å². The summed E-state index contributed by atoms with van der Waals surface area (Å²) in [6, 6.07) is 11.3. The lowest BCUT2D eigenvalue weighted by molar-refractivity contribution is -0.121. The van der Waals surface area contributed by atoms with Crippen LogP contribution in [0.3, 0.4) is 0 Å². The van der Waals surface area contributed by atoms with Crippen LogP contribution in [0.15, 0.2) is 47.4 Å². The second-order valence-corrected chi connectivity index (χ2v) is 9.37. The molecule has 1 heterocycles. The van der Waals surface area contributed by atoms with Gasteiger partial charge in [0.25, 0.3) is 0 Å². The van der Waals surface area contributed by atoms with Gasteiger partial charge in [0.2, 0.25) is 15.9 Å². The van der Waals surface area contributed by atoms with Gasteiger partial charge in [-0.1, -0.05) is 12.1 Å². The molecule has 10 heteroatoms. The third kappa shape index (κ3) is 6.31. The van der Waals surface area contributed by atoms with Crippen molar-refractivity contribution in [2.75, 3.05) is 40.5 Å². The Kier molecular flexibility index (Phi) is 8.43. The van der Waals surface area contributed by atoms with Crippen LogP contribution in [0.4, 0.5) is 0 Å². The van der Waals surface area contributed by atoms with Gasteiger partial charge in [-0.2, -0.15) is 4.31 Å². The average Bonchev–Trinajstić information content (AvgIpc) is 2.86. The van der Waals surface area contributed by atoms with Crippen molar-refractivity contribution in [2.24, 2.45) is 0 Å². The molecule has 0 spiro atoms. The molecule has 0 saturated carbocycles. The van der Waals surface area contributed by atoms with E-state index in [1.807, 2.05) is 0 Å². The first-order valence-electron chi connectivity index (χ1n) is 10.5. The Hall–Kier alpha value is -2.95. The minimum absolute atomic E-state index is 0.0384. The van der Waals surface area contributed by atoms with Crippen molar-refractivity contribution < 1.29 is 32.2 Å². The predicted molar refractivity (Wildman–Crippen MR) is 121 cm³/mol. The van der Waals surface area contributed by atoms with Crippen LogP contribution in [0.25, 0.3) is 0 Å². The Balaban J connectivity index is 1.49. The standard InChI is InChI=1S/C23H28N2O7S/c1-30-21-9-5-18(15-22(21)31-2)20(26)8-10-23(27)24-16-17-3-6-19(7-4-17)33(28,29)25-11-13-32-14-12-25/h3-7,9,15H,8,10-14,16H2,1-2H3,(H,24,27). The van der Waals surface area contributed by atoms with E-state index in [0.717, 1.165) is 5.56 Å². The highest BCUT2D eigenvalue weighted by molar-refractivity contribution is 7.89. The molecule has 9 nitrogen and oxygen atoms in total. The number of ketones is 1. The minimum Gasteiger partial charge on any atom is -0.493 e. The van der Waals surface area contributed by atoms with Crippen molar-refractivity contribution in [2.45, 2.75) is 24.3 Å². The van der Waals surface area contributed by atoms with Gasteiger partial charge in [-0.05, 0) is 35.9 Å². The first-order chi connectivity index (χ1) is 15.8. The van der Waals surface area contributed by atoms with E-state index in [0.29, 0.717) is 43.4 Å². The number of carbonyl (C=O) groups excluding carboxylic acids is 2. The maximum Gasteiger partial charge on any atom is 0.243 e. The SMILES string of the molecule is COc1ccc(C(=O)CCC(=O)NCc2ccc(S(=O)(=O)N3CCOCC3)cc2)cc1OC. The van der Waals surface area contributed by atoms with Crippen molar-refractivity contribution >= 4 is 21.7 Å². The molecule has 1 amide bonds. The summed E-state index contributed by atoms with van der Waals surface area (Å²) >= 11 is 0. The number of hydrogen-bond acceptors (Lipinski definition) is 7. The molecule has 0 radical (unpaired) electrons. The van der Waals surface area contributed by atoms with Crippen LogP contribution in [0, 0.1) is 0 Å². The van der Waals surface area contributed by atoms with E-state index >= 15 is 0 Å². The molecular formula is C23H28N2O7S. The number of carbonyl (C=O) groups is 2. The van der Waals surface area contributed by atoms with Crippen LogP contribution in [-0.2, 0) is 26.1 Å². The van der Waals surface area contributed by atoms with Gasteiger partial charge in [0.15, 0.2) is 17.3 Å².